The second-order valence-electron chi connectivity index (χ2n) is 6.34. The predicted molar refractivity (Wildman–Crippen MR) is 102 cm³/mol. The van der Waals surface area contributed by atoms with Gasteiger partial charge in [-0.15, -0.1) is 0 Å². The lowest BCUT2D eigenvalue weighted by atomic mass is 10.0. The Kier molecular flexibility index (Phi) is 5.34. The van der Waals surface area contributed by atoms with Crippen molar-refractivity contribution in [3.05, 3.63) is 84.2 Å². The van der Waals surface area contributed by atoms with Crippen molar-refractivity contribution in [1.29, 1.82) is 0 Å². The molecule has 0 saturated carbocycles. The first-order valence-electron chi connectivity index (χ1n) is 8.73. The maximum atomic E-state index is 11.3. The minimum Gasteiger partial charge on any atom is -0.350 e. The van der Waals surface area contributed by atoms with Crippen LogP contribution in [0, 0.1) is 0 Å². The lowest BCUT2D eigenvalue weighted by Crippen LogP contribution is -2.25. The molecule has 0 bridgehead atoms. The summed E-state index contributed by atoms with van der Waals surface area (Å²) in [5.41, 5.74) is 4.83. The summed E-state index contributed by atoms with van der Waals surface area (Å²) in [5, 5.41) is 2.99. The SMILES string of the molecule is CCC(NC(C)=O)c1ccc(-c2ccn(Cc3ccccc3)c2)cc1. The van der Waals surface area contributed by atoms with E-state index in [2.05, 4.69) is 83.8 Å². The van der Waals surface area contributed by atoms with Crippen LogP contribution in [0.1, 0.15) is 37.4 Å². The number of carbonyl (C=O) groups excluding carboxylic acids is 1. The van der Waals surface area contributed by atoms with E-state index in [4.69, 9.17) is 0 Å². The van der Waals surface area contributed by atoms with Crippen LogP contribution >= 0.6 is 0 Å². The monoisotopic (exact) mass is 332 g/mol. The first-order chi connectivity index (χ1) is 12.2. The summed E-state index contributed by atoms with van der Waals surface area (Å²) in [6, 6.07) is 21.1. The zero-order valence-corrected chi connectivity index (χ0v) is 14.8. The van der Waals surface area contributed by atoms with Crippen LogP contribution in [0.3, 0.4) is 0 Å². The Hall–Kier alpha value is -2.81. The maximum Gasteiger partial charge on any atom is 0.217 e. The molecule has 3 aromatic rings. The Morgan fingerprint density at radius 3 is 2.36 bits per heavy atom. The third kappa shape index (κ3) is 4.38. The first kappa shape index (κ1) is 17.0. The molecule has 0 radical (unpaired) electrons. The number of rotatable bonds is 6. The van der Waals surface area contributed by atoms with Gasteiger partial charge in [0.1, 0.15) is 0 Å². The Labute approximate surface area is 149 Å². The molecule has 1 amide bonds. The van der Waals surface area contributed by atoms with E-state index in [1.54, 1.807) is 6.92 Å². The number of nitrogens with one attached hydrogen (secondary N) is 1. The van der Waals surface area contributed by atoms with Gasteiger partial charge in [-0.25, -0.2) is 0 Å². The fourth-order valence-corrected chi connectivity index (χ4v) is 3.08. The van der Waals surface area contributed by atoms with Gasteiger partial charge in [-0.1, -0.05) is 61.5 Å². The van der Waals surface area contributed by atoms with Crippen molar-refractivity contribution in [2.45, 2.75) is 32.9 Å². The van der Waals surface area contributed by atoms with Gasteiger partial charge in [0.15, 0.2) is 0 Å². The van der Waals surface area contributed by atoms with E-state index in [0.29, 0.717) is 0 Å². The Morgan fingerprint density at radius 1 is 1.00 bits per heavy atom. The van der Waals surface area contributed by atoms with Crippen molar-refractivity contribution in [3.8, 4) is 11.1 Å². The molecule has 128 valence electrons. The summed E-state index contributed by atoms with van der Waals surface area (Å²) in [6.07, 6.45) is 5.17. The smallest absolute Gasteiger partial charge is 0.217 e. The Bertz CT molecular complexity index is 819. The summed E-state index contributed by atoms with van der Waals surface area (Å²) in [4.78, 5) is 11.3. The minimum atomic E-state index is 0.00825. The standard InChI is InChI=1S/C22H24N2O/c1-3-22(23-17(2)25)20-11-9-19(10-12-20)21-13-14-24(16-21)15-18-7-5-4-6-8-18/h4-14,16,22H,3,15H2,1-2H3,(H,23,25). The highest BCUT2D eigenvalue weighted by Gasteiger charge is 2.10. The highest BCUT2D eigenvalue weighted by molar-refractivity contribution is 5.73. The second-order valence-corrected chi connectivity index (χ2v) is 6.34. The van der Waals surface area contributed by atoms with Crippen molar-refractivity contribution in [1.82, 2.24) is 9.88 Å². The van der Waals surface area contributed by atoms with Crippen LogP contribution in [0.5, 0.6) is 0 Å². The normalized spacial score (nSPS) is 11.9. The summed E-state index contributed by atoms with van der Waals surface area (Å²) < 4.78 is 2.20. The molecule has 2 aromatic carbocycles. The van der Waals surface area contributed by atoms with Crippen molar-refractivity contribution < 1.29 is 4.79 Å². The number of aromatic nitrogens is 1. The van der Waals surface area contributed by atoms with E-state index < -0.39 is 0 Å². The van der Waals surface area contributed by atoms with Crippen molar-refractivity contribution in [3.63, 3.8) is 0 Å². The van der Waals surface area contributed by atoms with Gasteiger partial charge in [-0.3, -0.25) is 4.79 Å². The molecule has 3 nitrogen and oxygen atoms in total. The molecule has 1 atom stereocenters. The maximum absolute atomic E-state index is 11.3. The zero-order valence-electron chi connectivity index (χ0n) is 14.8. The third-order valence-corrected chi connectivity index (χ3v) is 4.39. The predicted octanol–water partition coefficient (Wildman–Crippen LogP) is 4.79. The van der Waals surface area contributed by atoms with Crippen LogP contribution in [-0.2, 0) is 11.3 Å². The Balaban J connectivity index is 1.73. The summed E-state index contributed by atoms with van der Waals surface area (Å²) in [6.45, 7) is 4.52. The molecule has 0 fully saturated rings. The molecule has 1 unspecified atom stereocenters. The van der Waals surface area contributed by atoms with E-state index in [1.165, 1.54) is 16.7 Å². The number of hydrogen-bond donors (Lipinski definition) is 1. The van der Waals surface area contributed by atoms with Gasteiger partial charge >= 0.3 is 0 Å². The number of carbonyl (C=O) groups is 1. The van der Waals surface area contributed by atoms with Crippen LogP contribution in [-0.4, -0.2) is 10.5 Å². The molecule has 0 aliphatic heterocycles. The van der Waals surface area contributed by atoms with Crippen LogP contribution in [0.25, 0.3) is 11.1 Å². The molecule has 25 heavy (non-hydrogen) atoms. The van der Waals surface area contributed by atoms with Crippen LogP contribution < -0.4 is 5.32 Å². The first-order valence-corrected chi connectivity index (χ1v) is 8.73. The van der Waals surface area contributed by atoms with Crippen molar-refractivity contribution >= 4 is 5.91 Å². The molecular formula is C22H24N2O. The molecular weight excluding hydrogens is 308 g/mol. The topological polar surface area (TPSA) is 34.0 Å². The third-order valence-electron chi connectivity index (χ3n) is 4.39. The largest absolute Gasteiger partial charge is 0.350 e. The minimum absolute atomic E-state index is 0.00825. The molecule has 3 rings (SSSR count). The van der Waals surface area contributed by atoms with E-state index >= 15 is 0 Å². The highest BCUT2D eigenvalue weighted by Crippen LogP contribution is 2.24. The highest BCUT2D eigenvalue weighted by atomic mass is 16.1. The number of nitrogens with zero attached hydrogens (tertiary/aromatic N) is 1. The summed E-state index contributed by atoms with van der Waals surface area (Å²) >= 11 is 0. The van der Waals surface area contributed by atoms with E-state index in [-0.39, 0.29) is 11.9 Å². The van der Waals surface area contributed by atoms with Gasteiger partial charge in [0.2, 0.25) is 5.91 Å². The van der Waals surface area contributed by atoms with Crippen molar-refractivity contribution in [2.75, 3.05) is 0 Å². The molecule has 1 heterocycles. The molecule has 0 aliphatic carbocycles. The quantitative estimate of drug-likeness (QED) is 0.692. The van der Waals surface area contributed by atoms with Gasteiger partial charge in [0.25, 0.3) is 0 Å². The molecule has 0 spiro atoms. The number of hydrogen-bond acceptors (Lipinski definition) is 1. The van der Waals surface area contributed by atoms with Gasteiger partial charge in [0, 0.05) is 25.9 Å². The van der Waals surface area contributed by atoms with E-state index in [0.717, 1.165) is 18.5 Å². The average molecular weight is 332 g/mol. The molecule has 1 N–H and O–H groups in total. The lowest BCUT2D eigenvalue weighted by molar-refractivity contribution is -0.119. The van der Waals surface area contributed by atoms with Crippen LogP contribution in [0.2, 0.25) is 0 Å². The molecule has 0 saturated heterocycles. The molecule has 3 heteroatoms. The second kappa shape index (κ2) is 7.84. The average Bonchev–Trinajstić information content (AvgIpc) is 3.09. The van der Waals surface area contributed by atoms with Gasteiger partial charge in [0.05, 0.1) is 6.04 Å². The summed E-state index contributed by atoms with van der Waals surface area (Å²) in [7, 11) is 0. The summed E-state index contributed by atoms with van der Waals surface area (Å²) in [5.74, 6) is 0.00825. The number of benzene rings is 2. The van der Waals surface area contributed by atoms with E-state index in [1.807, 2.05) is 6.07 Å². The fraction of sp³-hybridized carbons (Fsp3) is 0.227. The van der Waals surface area contributed by atoms with Gasteiger partial charge < -0.3 is 9.88 Å². The number of amides is 1. The van der Waals surface area contributed by atoms with Gasteiger partial charge in [-0.2, -0.15) is 0 Å². The zero-order chi connectivity index (χ0) is 17.6. The fourth-order valence-electron chi connectivity index (χ4n) is 3.08. The lowest BCUT2D eigenvalue weighted by Gasteiger charge is -2.16. The van der Waals surface area contributed by atoms with Crippen molar-refractivity contribution in [2.24, 2.45) is 0 Å². The van der Waals surface area contributed by atoms with E-state index in [9.17, 15) is 4.79 Å². The van der Waals surface area contributed by atoms with Crippen LogP contribution in [0.15, 0.2) is 73.1 Å². The molecule has 0 aliphatic rings. The van der Waals surface area contributed by atoms with Gasteiger partial charge in [-0.05, 0) is 34.7 Å². The molecule has 1 aromatic heterocycles. The van der Waals surface area contributed by atoms with Crippen LogP contribution in [0.4, 0.5) is 0 Å². The Morgan fingerprint density at radius 2 is 1.72 bits per heavy atom.